The third-order valence-electron chi connectivity index (χ3n) is 13.5. The molecule has 186 valence electrons. The van der Waals surface area contributed by atoms with Crippen molar-refractivity contribution >= 4 is 5.97 Å². The summed E-state index contributed by atoms with van der Waals surface area (Å²) in [7, 11) is 0. The Kier molecular flexibility index (Phi) is 5.15. The summed E-state index contributed by atoms with van der Waals surface area (Å²) in [4.78, 5) is 12.5. The van der Waals surface area contributed by atoms with Crippen LogP contribution in [0.5, 0.6) is 0 Å². The summed E-state index contributed by atoms with van der Waals surface area (Å²) < 4.78 is 0. The van der Waals surface area contributed by atoms with Crippen LogP contribution in [-0.2, 0) is 4.79 Å². The number of hydrogen-bond donors (Lipinski definition) is 2. The first-order valence-corrected chi connectivity index (χ1v) is 13.9. The number of allylic oxidation sites excluding steroid dienone is 2. The molecule has 0 aromatic carbocycles. The van der Waals surface area contributed by atoms with Gasteiger partial charge < -0.3 is 10.2 Å². The van der Waals surface area contributed by atoms with Gasteiger partial charge >= 0.3 is 5.97 Å². The van der Waals surface area contributed by atoms with E-state index in [1.54, 1.807) is 5.57 Å². The molecule has 4 saturated carbocycles. The van der Waals surface area contributed by atoms with Crippen LogP contribution in [-0.4, -0.2) is 22.3 Å². The van der Waals surface area contributed by atoms with Crippen LogP contribution < -0.4 is 0 Å². The molecule has 2 N–H and O–H groups in total. The Morgan fingerprint density at radius 3 is 2.27 bits per heavy atom. The summed E-state index contributed by atoms with van der Waals surface area (Å²) >= 11 is 0. The van der Waals surface area contributed by atoms with E-state index >= 15 is 0 Å². The number of carbonyl (C=O) groups is 1. The lowest BCUT2D eigenvalue weighted by molar-refractivity contribution is -0.217. The smallest absolute Gasteiger partial charge is 0.312 e. The maximum absolute atomic E-state index is 12.5. The normalized spacial score (nSPS) is 58.2. The molecular formula is C30H48O3. The number of carboxylic acid groups (broad SMARTS) is 1. The van der Waals surface area contributed by atoms with Crippen LogP contribution in [0.25, 0.3) is 0 Å². The van der Waals surface area contributed by atoms with Crippen molar-refractivity contribution in [1.82, 2.24) is 0 Å². The average molecular weight is 457 g/mol. The molecule has 4 fully saturated rings. The monoisotopic (exact) mass is 456 g/mol. The van der Waals surface area contributed by atoms with E-state index in [1.165, 1.54) is 25.7 Å². The Bertz CT molecular complexity index is 878. The fourth-order valence-electron chi connectivity index (χ4n) is 10.8. The second-order valence-electron chi connectivity index (χ2n) is 14.4. The molecule has 3 heteroatoms. The summed E-state index contributed by atoms with van der Waals surface area (Å²) in [5, 5.41) is 21.1. The minimum absolute atomic E-state index is 0.0311. The van der Waals surface area contributed by atoms with Crippen molar-refractivity contribution < 1.29 is 15.0 Å². The third kappa shape index (κ3) is 2.75. The lowest BCUT2D eigenvalue weighted by atomic mass is 9.33. The lowest BCUT2D eigenvalue weighted by Crippen LogP contribution is -2.66. The molecule has 0 amide bonds. The highest BCUT2D eigenvalue weighted by Gasteiger charge is 2.69. The first-order valence-electron chi connectivity index (χ1n) is 13.9. The van der Waals surface area contributed by atoms with E-state index in [0.717, 1.165) is 37.5 Å². The molecule has 3 nitrogen and oxygen atoms in total. The highest BCUT2D eigenvalue weighted by atomic mass is 16.4. The van der Waals surface area contributed by atoms with Gasteiger partial charge in [0.05, 0.1) is 11.5 Å². The van der Waals surface area contributed by atoms with Gasteiger partial charge in [-0.3, -0.25) is 4.79 Å². The molecule has 3 unspecified atom stereocenters. The average Bonchev–Trinajstić information content (AvgIpc) is 2.75. The number of aliphatic hydroxyl groups is 1. The summed E-state index contributed by atoms with van der Waals surface area (Å²) in [5.41, 5.74) is 1.56. The van der Waals surface area contributed by atoms with E-state index in [9.17, 15) is 15.0 Å². The van der Waals surface area contributed by atoms with Crippen molar-refractivity contribution in [3.8, 4) is 0 Å². The van der Waals surface area contributed by atoms with E-state index in [1.807, 2.05) is 6.92 Å². The van der Waals surface area contributed by atoms with Crippen molar-refractivity contribution in [2.75, 3.05) is 0 Å². The molecule has 11 atom stereocenters. The molecule has 0 spiro atoms. The molecule has 5 aliphatic rings. The van der Waals surface area contributed by atoms with Crippen molar-refractivity contribution in [3.63, 3.8) is 0 Å². The van der Waals surface area contributed by atoms with Crippen LogP contribution in [0.3, 0.4) is 0 Å². The van der Waals surface area contributed by atoms with Gasteiger partial charge in [0.1, 0.15) is 0 Å². The third-order valence-corrected chi connectivity index (χ3v) is 13.5. The SMILES string of the molecule is C[C@@H]1CC[C@]2(C)CC[C@]3(C)C(=CCC4[C@@]5(C)CC[C@@H](O)[C@](C)(C(=O)O)C5CC[C@]43C)C2[C@H]1C. The Hall–Kier alpha value is -0.830. The quantitative estimate of drug-likeness (QED) is 0.414. The molecule has 5 rings (SSSR count). The molecule has 0 heterocycles. The van der Waals surface area contributed by atoms with Gasteiger partial charge in [0.25, 0.3) is 0 Å². The Labute approximate surface area is 201 Å². The van der Waals surface area contributed by atoms with Crippen LogP contribution in [0.2, 0.25) is 0 Å². The largest absolute Gasteiger partial charge is 0.481 e. The molecular weight excluding hydrogens is 408 g/mol. The standard InChI is InChI=1S/C30H48O3/c1-18-10-13-26(3)16-17-28(5)20(24(26)19(18)2)8-9-21-27(4)14-12-23(31)30(7,25(32)33)22(27)11-15-29(21,28)6/h8,18-19,21-24,31H,9-17H2,1-7H3,(H,32,33)/t18-,19+,21?,22?,23-,24?,26-,27-,28-,29-,30-/m1/s1. The van der Waals surface area contributed by atoms with Crippen molar-refractivity contribution in [1.29, 1.82) is 0 Å². The number of carboxylic acids is 1. The van der Waals surface area contributed by atoms with E-state index in [-0.39, 0.29) is 22.2 Å². The van der Waals surface area contributed by atoms with E-state index in [4.69, 9.17) is 0 Å². The topological polar surface area (TPSA) is 57.5 Å². The van der Waals surface area contributed by atoms with Gasteiger partial charge in [-0.1, -0.05) is 53.2 Å². The zero-order valence-electron chi connectivity index (χ0n) is 22.2. The molecule has 0 aliphatic heterocycles. The van der Waals surface area contributed by atoms with Crippen LogP contribution in [0, 0.1) is 56.7 Å². The number of aliphatic hydroxyl groups excluding tert-OH is 1. The predicted molar refractivity (Wildman–Crippen MR) is 133 cm³/mol. The lowest BCUT2D eigenvalue weighted by Gasteiger charge is -2.71. The van der Waals surface area contributed by atoms with E-state index in [2.05, 4.69) is 47.6 Å². The second-order valence-corrected chi connectivity index (χ2v) is 14.4. The molecule has 33 heavy (non-hydrogen) atoms. The Balaban J connectivity index is 1.60. The molecule has 0 bridgehead atoms. The zero-order chi connectivity index (χ0) is 24.2. The van der Waals surface area contributed by atoms with Gasteiger partial charge in [-0.15, -0.1) is 0 Å². The molecule has 0 aromatic rings. The molecule has 0 aromatic heterocycles. The highest BCUT2D eigenvalue weighted by molar-refractivity contribution is 5.76. The number of aliphatic carboxylic acids is 1. The van der Waals surface area contributed by atoms with Gasteiger partial charge in [-0.2, -0.15) is 0 Å². The van der Waals surface area contributed by atoms with Crippen molar-refractivity contribution in [2.24, 2.45) is 56.7 Å². The number of rotatable bonds is 1. The fourth-order valence-corrected chi connectivity index (χ4v) is 10.8. The summed E-state index contributed by atoms with van der Waals surface area (Å²) in [6.07, 6.45) is 12.0. The highest BCUT2D eigenvalue weighted by Crippen LogP contribution is 2.75. The van der Waals surface area contributed by atoms with Gasteiger partial charge in [0, 0.05) is 0 Å². The van der Waals surface area contributed by atoms with E-state index < -0.39 is 17.5 Å². The summed E-state index contributed by atoms with van der Waals surface area (Å²) in [6, 6.07) is 0. The van der Waals surface area contributed by atoms with Gasteiger partial charge in [0.15, 0.2) is 0 Å². The van der Waals surface area contributed by atoms with Gasteiger partial charge in [0.2, 0.25) is 0 Å². The first kappa shape index (κ1) is 23.9. The Morgan fingerprint density at radius 1 is 0.909 bits per heavy atom. The second kappa shape index (κ2) is 7.11. The van der Waals surface area contributed by atoms with Crippen LogP contribution in [0.15, 0.2) is 11.6 Å². The van der Waals surface area contributed by atoms with Gasteiger partial charge in [-0.05, 0) is 116 Å². The Morgan fingerprint density at radius 2 is 1.61 bits per heavy atom. The van der Waals surface area contributed by atoms with Crippen LogP contribution >= 0.6 is 0 Å². The summed E-state index contributed by atoms with van der Waals surface area (Å²) in [6.45, 7) is 17.0. The maximum Gasteiger partial charge on any atom is 0.312 e. The van der Waals surface area contributed by atoms with Crippen LogP contribution in [0.1, 0.15) is 106 Å². The zero-order valence-corrected chi connectivity index (χ0v) is 22.2. The molecule has 5 aliphatic carbocycles. The maximum atomic E-state index is 12.5. The fraction of sp³-hybridized carbons (Fsp3) is 0.900. The van der Waals surface area contributed by atoms with Crippen LogP contribution in [0.4, 0.5) is 0 Å². The minimum Gasteiger partial charge on any atom is -0.481 e. The van der Waals surface area contributed by atoms with E-state index in [0.29, 0.717) is 23.7 Å². The minimum atomic E-state index is -1.03. The summed E-state index contributed by atoms with van der Waals surface area (Å²) in [5.74, 6) is 1.96. The van der Waals surface area contributed by atoms with Crippen molar-refractivity contribution in [3.05, 3.63) is 11.6 Å². The number of fused-ring (bicyclic) bond motifs is 7. The number of hydrogen-bond acceptors (Lipinski definition) is 2. The van der Waals surface area contributed by atoms with Crippen molar-refractivity contribution in [2.45, 2.75) is 112 Å². The first-order chi connectivity index (χ1) is 15.3. The van der Waals surface area contributed by atoms with Gasteiger partial charge in [-0.25, -0.2) is 0 Å². The predicted octanol–water partition coefficient (Wildman–Crippen LogP) is 7.09. The molecule has 0 radical (unpaired) electrons. The molecule has 0 saturated heterocycles.